The molecule has 1 heterocycles. The zero-order chi connectivity index (χ0) is 12.9. The second-order valence-electron chi connectivity index (χ2n) is 5.43. The average molecular weight is 240 g/mol. The number of piperidine rings is 1. The minimum atomic E-state index is -0.339. The van der Waals surface area contributed by atoms with Gasteiger partial charge in [0.15, 0.2) is 0 Å². The van der Waals surface area contributed by atoms with E-state index in [-0.39, 0.29) is 11.6 Å². The highest BCUT2D eigenvalue weighted by Gasteiger charge is 2.35. The number of carbonyl (C=O) groups is 1. The van der Waals surface area contributed by atoms with Gasteiger partial charge < -0.3 is 10.1 Å². The first-order chi connectivity index (χ1) is 7.97. The summed E-state index contributed by atoms with van der Waals surface area (Å²) in [6.45, 7) is 10.2. The minimum Gasteiger partial charge on any atom is -0.456 e. The van der Waals surface area contributed by atoms with Gasteiger partial charge in [-0.1, -0.05) is 13.0 Å². The van der Waals surface area contributed by atoms with Crippen molar-refractivity contribution in [3.05, 3.63) is 11.6 Å². The van der Waals surface area contributed by atoms with Crippen LogP contribution in [0.2, 0.25) is 0 Å². The highest BCUT2D eigenvalue weighted by molar-refractivity contribution is 5.88. The molecule has 0 atom stereocenters. The summed E-state index contributed by atoms with van der Waals surface area (Å²) >= 11 is 0. The molecule has 1 fully saturated rings. The molecule has 0 amide bonds. The van der Waals surface area contributed by atoms with E-state index >= 15 is 0 Å². The summed E-state index contributed by atoms with van der Waals surface area (Å²) in [7, 11) is 0. The molecule has 3 nitrogen and oxygen atoms in total. The Morgan fingerprint density at radius 3 is 2.53 bits per heavy atom. The van der Waals surface area contributed by atoms with Crippen LogP contribution in [0.25, 0.3) is 0 Å². The molecule has 17 heavy (non-hydrogen) atoms. The molecule has 98 valence electrons. The fourth-order valence-corrected chi connectivity index (χ4v) is 2.41. The van der Waals surface area contributed by atoms with Crippen LogP contribution in [-0.4, -0.2) is 24.7 Å². The van der Waals surface area contributed by atoms with Gasteiger partial charge in [0, 0.05) is 24.3 Å². The number of nitrogens with two attached hydrogens (primary N) is 1. The molecule has 0 bridgehead atoms. The number of hydrogen-bond donors (Lipinski definition) is 1. The standard InChI is InChI=1S/C14H25NO2/c1-5-6-11(2)13(16)17-14(3,4)12-7-9-15-10-8-12/h6,12,15H,5,7-10H2,1-4H3/p+1/b11-6+. The number of carbonyl (C=O) groups excluding carboxylic acids is 1. The van der Waals surface area contributed by atoms with E-state index < -0.39 is 0 Å². The Hall–Kier alpha value is -0.830. The lowest BCUT2D eigenvalue weighted by Gasteiger charge is -2.35. The molecule has 1 saturated heterocycles. The lowest BCUT2D eigenvalue weighted by atomic mass is 9.83. The molecule has 0 aliphatic carbocycles. The lowest BCUT2D eigenvalue weighted by molar-refractivity contribution is -0.665. The third-order valence-corrected chi connectivity index (χ3v) is 3.61. The summed E-state index contributed by atoms with van der Waals surface area (Å²) in [4.78, 5) is 11.9. The van der Waals surface area contributed by atoms with Gasteiger partial charge in [-0.3, -0.25) is 0 Å². The molecule has 0 saturated carbocycles. The van der Waals surface area contributed by atoms with Crippen LogP contribution in [0.5, 0.6) is 0 Å². The molecule has 1 aliphatic rings. The van der Waals surface area contributed by atoms with Crippen molar-refractivity contribution in [3.63, 3.8) is 0 Å². The van der Waals surface area contributed by atoms with Crippen molar-refractivity contribution < 1.29 is 14.8 Å². The van der Waals surface area contributed by atoms with Gasteiger partial charge in [0.25, 0.3) is 0 Å². The molecule has 0 unspecified atom stereocenters. The smallest absolute Gasteiger partial charge is 0.333 e. The van der Waals surface area contributed by atoms with E-state index in [1.165, 1.54) is 0 Å². The lowest BCUT2D eigenvalue weighted by Crippen LogP contribution is -2.86. The molecule has 0 radical (unpaired) electrons. The summed E-state index contributed by atoms with van der Waals surface area (Å²) in [5.74, 6) is 0.331. The van der Waals surface area contributed by atoms with E-state index in [9.17, 15) is 4.79 Å². The number of ether oxygens (including phenoxy) is 1. The molecule has 2 N–H and O–H groups in total. The van der Waals surface area contributed by atoms with Gasteiger partial charge in [-0.15, -0.1) is 0 Å². The molecule has 0 aromatic heterocycles. The number of esters is 1. The molecule has 1 rings (SSSR count). The number of quaternary nitrogens is 1. The molecule has 1 aliphatic heterocycles. The van der Waals surface area contributed by atoms with Gasteiger partial charge in [-0.2, -0.15) is 0 Å². The normalized spacial score (nSPS) is 19.2. The maximum absolute atomic E-state index is 11.9. The van der Waals surface area contributed by atoms with E-state index in [1.807, 2.05) is 33.8 Å². The zero-order valence-corrected chi connectivity index (χ0v) is 11.6. The first-order valence-corrected chi connectivity index (χ1v) is 6.69. The Kier molecular flexibility index (Phi) is 5.19. The van der Waals surface area contributed by atoms with Crippen LogP contribution >= 0.6 is 0 Å². The summed E-state index contributed by atoms with van der Waals surface area (Å²) in [5.41, 5.74) is 0.386. The maximum Gasteiger partial charge on any atom is 0.333 e. The quantitative estimate of drug-likeness (QED) is 0.599. The Balaban J connectivity index is 2.58. The molecular weight excluding hydrogens is 214 g/mol. The van der Waals surface area contributed by atoms with E-state index in [4.69, 9.17) is 4.74 Å². The van der Waals surface area contributed by atoms with Crippen LogP contribution in [-0.2, 0) is 9.53 Å². The van der Waals surface area contributed by atoms with Crippen LogP contribution < -0.4 is 5.32 Å². The van der Waals surface area contributed by atoms with Gasteiger partial charge in [-0.25, -0.2) is 4.79 Å². The van der Waals surface area contributed by atoms with Crippen molar-refractivity contribution in [2.24, 2.45) is 5.92 Å². The Morgan fingerprint density at radius 1 is 1.41 bits per heavy atom. The maximum atomic E-state index is 11.9. The van der Waals surface area contributed by atoms with Gasteiger partial charge in [0.1, 0.15) is 5.60 Å². The monoisotopic (exact) mass is 240 g/mol. The summed E-state index contributed by atoms with van der Waals surface area (Å²) in [6.07, 6.45) is 5.07. The van der Waals surface area contributed by atoms with Crippen LogP contribution in [0.15, 0.2) is 11.6 Å². The molecule has 0 aromatic rings. The van der Waals surface area contributed by atoms with E-state index in [0.29, 0.717) is 5.92 Å². The third kappa shape index (κ3) is 4.15. The minimum absolute atomic E-state index is 0.161. The van der Waals surface area contributed by atoms with Crippen LogP contribution in [0.1, 0.15) is 47.0 Å². The highest BCUT2D eigenvalue weighted by Crippen LogP contribution is 2.28. The number of allylic oxidation sites excluding steroid dienone is 1. The Labute approximate surface area is 105 Å². The van der Waals surface area contributed by atoms with Gasteiger partial charge in [0.2, 0.25) is 0 Å². The van der Waals surface area contributed by atoms with Gasteiger partial charge in [0.05, 0.1) is 13.1 Å². The summed E-state index contributed by atoms with van der Waals surface area (Å²) in [5, 5.41) is 2.33. The van der Waals surface area contributed by atoms with Crippen LogP contribution in [0, 0.1) is 5.92 Å². The topological polar surface area (TPSA) is 42.9 Å². The van der Waals surface area contributed by atoms with Crippen LogP contribution in [0.3, 0.4) is 0 Å². The summed E-state index contributed by atoms with van der Waals surface area (Å²) in [6, 6.07) is 0. The third-order valence-electron chi connectivity index (χ3n) is 3.61. The SMILES string of the molecule is CC/C=C(\C)C(=O)OC(C)(C)C1CC[NH2+]CC1. The second kappa shape index (κ2) is 6.20. The van der Waals surface area contributed by atoms with E-state index in [0.717, 1.165) is 37.9 Å². The number of hydrogen-bond acceptors (Lipinski definition) is 2. The predicted molar refractivity (Wildman–Crippen MR) is 68.6 cm³/mol. The first-order valence-electron chi connectivity index (χ1n) is 6.69. The Morgan fingerprint density at radius 2 is 2.00 bits per heavy atom. The van der Waals surface area contributed by atoms with Crippen molar-refractivity contribution in [2.75, 3.05) is 13.1 Å². The van der Waals surface area contributed by atoms with Crippen molar-refractivity contribution in [1.29, 1.82) is 0 Å². The van der Waals surface area contributed by atoms with Crippen LogP contribution in [0.4, 0.5) is 0 Å². The van der Waals surface area contributed by atoms with E-state index in [2.05, 4.69) is 5.32 Å². The molecule has 0 spiro atoms. The highest BCUT2D eigenvalue weighted by atomic mass is 16.6. The zero-order valence-electron chi connectivity index (χ0n) is 11.6. The number of rotatable bonds is 4. The fraction of sp³-hybridized carbons (Fsp3) is 0.786. The van der Waals surface area contributed by atoms with Crippen molar-refractivity contribution in [1.82, 2.24) is 0 Å². The summed E-state index contributed by atoms with van der Waals surface area (Å²) < 4.78 is 5.67. The molecule has 0 aromatic carbocycles. The molecule has 3 heteroatoms. The van der Waals surface area contributed by atoms with E-state index in [1.54, 1.807) is 0 Å². The van der Waals surface area contributed by atoms with Crippen molar-refractivity contribution >= 4 is 5.97 Å². The van der Waals surface area contributed by atoms with Gasteiger partial charge >= 0.3 is 5.97 Å². The van der Waals surface area contributed by atoms with Crippen molar-refractivity contribution in [3.8, 4) is 0 Å². The Bertz CT molecular complexity index is 289. The molecular formula is C14H26NO2+. The van der Waals surface area contributed by atoms with Gasteiger partial charge in [-0.05, 0) is 27.2 Å². The first kappa shape index (κ1) is 14.2. The average Bonchev–Trinajstić information content (AvgIpc) is 2.30. The largest absolute Gasteiger partial charge is 0.456 e. The second-order valence-corrected chi connectivity index (χ2v) is 5.43. The fourth-order valence-electron chi connectivity index (χ4n) is 2.41. The van der Waals surface area contributed by atoms with Crippen molar-refractivity contribution in [2.45, 2.75) is 52.6 Å². The predicted octanol–water partition coefficient (Wildman–Crippen LogP) is 1.64.